The van der Waals surface area contributed by atoms with Crippen LogP contribution in [0.1, 0.15) is 104 Å². The van der Waals surface area contributed by atoms with Crippen molar-refractivity contribution in [3.8, 4) is 0 Å². The molecule has 50 heavy (non-hydrogen) atoms. The Bertz CT molecular complexity index is 1630. The fourth-order valence-electron chi connectivity index (χ4n) is 15.9. The molecular weight excluding hydrogens is 607 g/mol. The van der Waals surface area contributed by atoms with Gasteiger partial charge in [0.15, 0.2) is 6.71 Å². The normalized spacial score (nSPS) is 48.6. The second-order valence-corrected chi connectivity index (χ2v) is 19.4. The Morgan fingerprint density at radius 2 is 1.36 bits per heavy atom. The molecule has 0 spiro atoms. The summed E-state index contributed by atoms with van der Waals surface area (Å²) >= 11 is 0. The first kappa shape index (κ1) is 31.3. The number of nitrogens with zero attached hydrogens (tertiary/aromatic N) is 2. The van der Waals surface area contributed by atoms with Crippen molar-refractivity contribution in [3.63, 3.8) is 0 Å². The van der Waals surface area contributed by atoms with Gasteiger partial charge in [-0.3, -0.25) is 0 Å². The maximum Gasteiger partial charge on any atom is 0.189 e. The van der Waals surface area contributed by atoms with E-state index in [4.69, 9.17) is 4.74 Å². The molecule has 5 saturated carbocycles. The van der Waals surface area contributed by atoms with Crippen molar-refractivity contribution in [2.45, 2.75) is 146 Å². The van der Waals surface area contributed by atoms with E-state index in [0.717, 1.165) is 41.4 Å². The number of rotatable bonds is 2. The summed E-state index contributed by atoms with van der Waals surface area (Å²) in [4.78, 5) is 6.50. The molecule has 4 heterocycles. The van der Waals surface area contributed by atoms with Gasteiger partial charge in [0.05, 0.1) is 12.2 Å². The molecule has 17 atom stereocenters. The lowest BCUT2D eigenvalue weighted by atomic mass is 9.21. The molecule has 3 nitrogen and oxygen atoms in total. The Labute approximate surface area is 303 Å². The lowest BCUT2D eigenvalue weighted by molar-refractivity contribution is -0.157. The predicted octanol–water partition coefficient (Wildman–Crippen LogP) is 9.37. The van der Waals surface area contributed by atoms with Gasteiger partial charge in [-0.15, -0.1) is 0 Å². The largest absolute Gasteiger partial charge is 0.375 e. The summed E-state index contributed by atoms with van der Waals surface area (Å²) < 4.78 is 7.54. The van der Waals surface area contributed by atoms with Gasteiger partial charge in [0.2, 0.25) is 0 Å². The summed E-state index contributed by atoms with van der Waals surface area (Å²) in [7, 11) is 0. The molecule has 2 aromatic rings. The Morgan fingerprint density at radius 1 is 0.620 bits per heavy atom. The quantitative estimate of drug-likeness (QED) is 0.297. The van der Waals surface area contributed by atoms with Gasteiger partial charge in [0.25, 0.3) is 0 Å². The zero-order valence-electron chi connectivity index (χ0n) is 31.2. The van der Waals surface area contributed by atoms with Crippen LogP contribution >= 0.6 is 0 Å². The van der Waals surface area contributed by atoms with E-state index in [0.29, 0.717) is 66.6 Å². The van der Waals surface area contributed by atoms with Crippen LogP contribution in [0.3, 0.4) is 0 Å². The Morgan fingerprint density at radius 3 is 2.18 bits per heavy atom. The van der Waals surface area contributed by atoms with E-state index in [1.165, 1.54) is 76.2 Å². The van der Waals surface area contributed by atoms with Crippen LogP contribution in [0.25, 0.3) is 5.57 Å². The van der Waals surface area contributed by atoms with Gasteiger partial charge in [-0.25, -0.2) is 0 Å². The van der Waals surface area contributed by atoms with E-state index in [-0.39, 0.29) is 0 Å². The van der Waals surface area contributed by atoms with Crippen LogP contribution in [-0.4, -0.2) is 52.9 Å². The average Bonchev–Trinajstić information content (AvgIpc) is 3.71. The number of hydrogen-bond acceptors (Lipinski definition) is 3. The molecule has 8 fully saturated rings. The minimum Gasteiger partial charge on any atom is -0.375 e. The maximum atomic E-state index is 7.54. The highest BCUT2D eigenvalue weighted by atomic mass is 16.5. The van der Waals surface area contributed by atoms with Crippen molar-refractivity contribution in [3.05, 3.63) is 72.0 Å². The van der Waals surface area contributed by atoms with Gasteiger partial charge >= 0.3 is 0 Å². The summed E-state index contributed by atoms with van der Waals surface area (Å²) in [6.07, 6.45) is 16.1. The van der Waals surface area contributed by atoms with Crippen molar-refractivity contribution in [2.24, 2.45) is 53.3 Å². The molecule has 0 aromatic heterocycles. The van der Waals surface area contributed by atoms with Crippen LogP contribution < -0.4 is 5.46 Å². The summed E-state index contributed by atoms with van der Waals surface area (Å²) in [6.45, 7) is 11.3. The van der Waals surface area contributed by atoms with Crippen molar-refractivity contribution in [1.82, 2.24) is 9.80 Å². The van der Waals surface area contributed by atoms with Crippen LogP contribution in [0.15, 0.2) is 66.5 Å². The maximum absolute atomic E-state index is 7.54. The first-order valence-electron chi connectivity index (χ1n) is 21.6. The molecule has 0 radical (unpaired) electrons. The predicted molar refractivity (Wildman–Crippen MR) is 205 cm³/mol. The SMILES string of the molecule is CC1CC2C3C(C1C)C(C)C(C)C1B(c4ccccc4)C4C5OC6CCCCC6C5CCC4N(C4=C(c5ccccc5)C5CCCCC5N42)C13. The third-order valence-corrected chi connectivity index (χ3v) is 17.8. The minimum absolute atomic E-state index is 0.411. The van der Waals surface area contributed by atoms with E-state index < -0.39 is 0 Å². The van der Waals surface area contributed by atoms with E-state index in [2.05, 4.69) is 98.2 Å². The monoisotopic (exact) mass is 668 g/mol. The van der Waals surface area contributed by atoms with Gasteiger partial charge in [-0.05, 0) is 104 Å². The van der Waals surface area contributed by atoms with E-state index >= 15 is 0 Å². The number of hydrogen-bond donors (Lipinski definition) is 0. The Kier molecular flexibility index (Phi) is 7.30. The molecule has 264 valence electrons. The highest BCUT2D eigenvalue weighted by Crippen LogP contribution is 2.69. The van der Waals surface area contributed by atoms with E-state index in [9.17, 15) is 0 Å². The summed E-state index contributed by atoms with van der Waals surface area (Å²) in [5.41, 5.74) is 4.92. The van der Waals surface area contributed by atoms with Crippen molar-refractivity contribution >= 4 is 17.7 Å². The van der Waals surface area contributed by atoms with Crippen LogP contribution in [0.5, 0.6) is 0 Å². The summed E-state index contributed by atoms with van der Waals surface area (Å²) in [6, 6.07) is 26.5. The molecule has 3 saturated heterocycles. The van der Waals surface area contributed by atoms with Crippen molar-refractivity contribution in [1.29, 1.82) is 0 Å². The fraction of sp³-hybridized carbons (Fsp3) is 0.696. The number of benzene rings is 2. The zero-order chi connectivity index (χ0) is 33.4. The Hall–Kier alpha value is -2.20. The standard InChI is InChI=1S/C46H61BN2O/c1-26-25-37-41-39(27(26)2)28(3)29(4)42-44(41)49(46-40(30-15-7-5-8-16-30)34-20-11-13-21-35(34)48(37)46)36-24-23-33-32-19-12-14-22-38(32)50-45(33)43(36)47(42)31-17-9-6-10-18-31/h5-10,15-18,26-29,32-39,41-45H,11-14,19-25H2,1-4H3. The number of fused-ring (bicyclic) bond motifs is 11. The van der Waals surface area contributed by atoms with E-state index in [1.54, 1.807) is 16.9 Å². The molecule has 0 amide bonds. The smallest absolute Gasteiger partial charge is 0.189 e. The molecular formula is C46H61BN2O. The van der Waals surface area contributed by atoms with Crippen LogP contribution in [0.2, 0.25) is 11.6 Å². The number of ether oxygens (including phenoxy) is 1. The molecule has 17 unspecified atom stereocenters. The molecule has 0 N–H and O–H groups in total. The zero-order valence-corrected chi connectivity index (χ0v) is 31.2. The fourth-order valence-corrected chi connectivity index (χ4v) is 15.9. The lowest BCUT2D eigenvalue weighted by Crippen LogP contribution is -2.77. The van der Waals surface area contributed by atoms with Crippen molar-refractivity contribution in [2.75, 3.05) is 0 Å². The lowest BCUT2D eigenvalue weighted by Gasteiger charge is -2.72. The first-order chi connectivity index (χ1) is 24.5. The molecule has 0 bridgehead atoms. The molecule has 9 aliphatic rings. The second-order valence-electron chi connectivity index (χ2n) is 19.4. The van der Waals surface area contributed by atoms with Gasteiger partial charge in [-0.2, -0.15) is 0 Å². The minimum atomic E-state index is 0.411. The third-order valence-electron chi connectivity index (χ3n) is 17.8. The molecule has 11 rings (SSSR count). The molecule has 5 aliphatic carbocycles. The van der Waals surface area contributed by atoms with Crippen LogP contribution in [0.4, 0.5) is 0 Å². The summed E-state index contributed by atoms with van der Waals surface area (Å²) in [5, 5.41) is 0. The first-order valence-corrected chi connectivity index (χ1v) is 21.6. The van der Waals surface area contributed by atoms with Gasteiger partial charge in [-0.1, -0.05) is 120 Å². The van der Waals surface area contributed by atoms with Crippen LogP contribution in [-0.2, 0) is 4.74 Å². The highest BCUT2D eigenvalue weighted by Gasteiger charge is 2.71. The van der Waals surface area contributed by atoms with Crippen molar-refractivity contribution < 1.29 is 4.74 Å². The highest BCUT2D eigenvalue weighted by molar-refractivity contribution is 6.76. The summed E-state index contributed by atoms with van der Waals surface area (Å²) in [5.74, 6) is 9.80. The third kappa shape index (κ3) is 4.15. The average molecular weight is 669 g/mol. The van der Waals surface area contributed by atoms with E-state index in [1.807, 2.05) is 0 Å². The van der Waals surface area contributed by atoms with Gasteiger partial charge in [0.1, 0.15) is 5.82 Å². The molecule has 4 heteroatoms. The van der Waals surface area contributed by atoms with Crippen LogP contribution in [0, 0.1) is 53.3 Å². The topological polar surface area (TPSA) is 15.7 Å². The Balaban J connectivity index is 1.17. The molecule has 4 aliphatic heterocycles. The second kappa shape index (κ2) is 11.7. The van der Waals surface area contributed by atoms with Gasteiger partial charge < -0.3 is 14.5 Å². The molecule has 2 aromatic carbocycles. The van der Waals surface area contributed by atoms with Gasteiger partial charge in [0, 0.05) is 41.6 Å².